The highest BCUT2D eigenvalue weighted by Gasteiger charge is 2.27. The monoisotopic (exact) mass is 367 g/mol. The van der Waals surface area contributed by atoms with Crippen LogP contribution in [0.15, 0.2) is 30.6 Å². The summed E-state index contributed by atoms with van der Waals surface area (Å²) in [7, 11) is 1.91. The Morgan fingerprint density at radius 2 is 2.12 bits per heavy atom. The van der Waals surface area contributed by atoms with E-state index in [0.717, 1.165) is 55.1 Å². The van der Waals surface area contributed by atoms with Crippen LogP contribution in [0.3, 0.4) is 0 Å². The SMILES string of the molecule is CN(CCCc1ccc(Cl)cc1)C(=O)C1CCc2nc[nH]c2C1.Cl. The largest absolute Gasteiger partial charge is 0.348 e. The minimum absolute atomic E-state index is 0. The van der Waals surface area contributed by atoms with Gasteiger partial charge in [0.05, 0.1) is 12.0 Å². The van der Waals surface area contributed by atoms with Gasteiger partial charge < -0.3 is 9.88 Å². The van der Waals surface area contributed by atoms with Crippen molar-refractivity contribution >= 4 is 29.9 Å². The standard InChI is InChI=1S/C18H22ClN3O.ClH/c1-22(10-2-3-13-4-7-15(19)8-5-13)18(23)14-6-9-16-17(11-14)21-12-20-16;/h4-5,7-8,12,14H,2-3,6,9-11H2,1H3,(H,20,21);1H. The third-order valence-corrected chi connectivity index (χ3v) is 4.84. The summed E-state index contributed by atoms with van der Waals surface area (Å²) in [5.74, 6) is 0.338. The lowest BCUT2D eigenvalue weighted by Crippen LogP contribution is -2.36. The number of benzene rings is 1. The third-order valence-electron chi connectivity index (χ3n) is 4.59. The Labute approximate surface area is 154 Å². The second-order valence-electron chi connectivity index (χ2n) is 6.26. The van der Waals surface area contributed by atoms with Crippen LogP contribution >= 0.6 is 24.0 Å². The van der Waals surface area contributed by atoms with Gasteiger partial charge in [0.15, 0.2) is 0 Å². The lowest BCUT2D eigenvalue weighted by Gasteiger charge is -2.26. The Morgan fingerprint density at radius 3 is 2.88 bits per heavy atom. The van der Waals surface area contributed by atoms with Crippen molar-refractivity contribution in [2.45, 2.75) is 32.1 Å². The molecular formula is C18H23Cl2N3O. The van der Waals surface area contributed by atoms with Gasteiger partial charge in [0, 0.05) is 36.6 Å². The van der Waals surface area contributed by atoms with Gasteiger partial charge in [-0.3, -0.25) is 4.79 Å². The normalized spacial score (nSPS) is 16.2. The Hall–Kier alpha value is -1.52. The molecule has 1 aliphatic carbocycles. The number of aromatic amines is 1. The Bertz CT molecular complexity index is 669. The van der Waals surface area contributed by atoms with Gasteiger partial charge in [0.1, 0.15) is 0 Å². The number of aromatic nitrogens is 2. The lowest BCUT2D eigenvalue weighted by atomic mass is 9.89. The molecule has 1 aromatic heterocycles. The molecule has 1 aliphatic rings. The van der Waals surface area contributed by atoms with E-state index >= 15 is 0 Å². The second-order valence-corrected chi connectivity index (χ2v) is 6.69. The van der Waals surface area contributed by atoms with Gasteiger partial charge in [-0.1, -0.05) is 23.7 Å². The van der Waals surface area contributed by atoms with Crippen LogP contribution in [0.4, 0.5) is 0 Å². The number of amides is 1. The van der Waals surface area contributed by atoms with Gasteiger partial charge in [-0.15, -0.1) is 12.4 Å². The molecule has 0 aliphatic heterocycles. The molecule has 0 radical (unpaired) electrons. The van der Waals surface area contributed by atoms with E-state index in [1.165, 1.54) is 5.56 Å². The van der Waals surface area contributed by atoms with Crippen molar-refractivity contribution in [3.8, 4) is 0 Å². The molecule has 0 fully saturated rings. The van der Waals surface area contributed by atoms with Crippen LogP contribution in [0.2, 0.25) is 5.02 Å². The number of fused-ring (bicyclic) bond motifs is 1. The summed E-state index contributed by atoms with van der Waals surface area (Å²) in [6.07, 6.45) is 6.24. The Kier molecular flexibility index (Phi) is 6.69. The molecule has 1 unspecified atom stereocenters. The molecule has 24 heavy (non-hydrogen) atoms. The number of carbonyl (C=O) groups is 1. The molecule has 1 heterocycles. The molecule has 6 heteroatoms. The number of hydrogen-bond acceptors (Lipinski definition) is 2. The maximum absolute atomic E-state index is 12.6. The molecule has 0 saturated heterocycles. The predicted molar refractivity (Wildman–Crippen MR) is 98.8 cm³/mol. The molecule has 1 amide bonds. The van der Waals surface area contributed by atoms with Crippen molar-refractivity contribution in [3.63, 3.8) is 0 Å². The number of hydrogen-bond donors (Lipinski definition) is 1. The molecule has 0 spiro atoms. The molecule has 0 bridgehead atoms. The molecule has 1 aromatic carbocycles. The van der Waals surface area contributed by atoms with Crippen LogP contribution in [0.25, 0.3) is 0 Å². The summed E-state index contributed by atoms with van der Waals surface area (Å²) in [5, 5.41) is 0.761. The minimum Gasteiger partial charge on any atom is -0.348 e. The van der Waals surface area contributed by atoms with Crippen molar-refractivity contribution in [1.29, 1.82) is 0 Å². The Morgan fingerprint density at radius 1 is 1.38 bits per heavy atom. The predicted octanol–water partition coefficient (Wildman–Crippen LogP) is 3.68. The average Bonchev–Trinajstić information content (AvgIpc) is 3.03. The van der Waals surface area contributed by atoms with E-state index in [-0.39, 0.29) is 24.2 Å². The van der Waals surface area contributed by atoms with Crippen molar-refractivity contribution in [3.05, 3.63) is 52.6 Å². The van der Waals surface area contributed by atoms with E-state index in [1.807, 2.05) is 36.2 Å². The number of halogens is 2. The first-order chi connectivity index (χ1) is 11.1. The Balaban J connectivity index is 0.00000208. The van der Waals surface area contributed by atoms with Crippen molar-refractivity contribution in [1.82, 2.24) is 14.9 Å². The summed E-state index contributed by atoms with van der Waals surface area (Å²) in [5.41, 5.74) is 3.51. The lowest BCUT2D eigenvalue weighted by molar-refractivity contribution is -0.134. The summed E-state index contributed by atoms with van der Waals surface area (Å²) < 4.78 is 0. The fraction of sp³-hybridized carbons (Fsp3) is 0.444. The van der Waals surface area contributed by atoms with E-state index in [4.69, 9.17) is 11.6 Å². The smallest absolute Gasteiger partial charge is 0.225 e. The van der Waals surface area contributed by atoms with E-state index in [2.05, 4.69) is 9.97 Å². The number of aryl methyl sites for hydroxylation is 2. The van der Waals surface area contributed by atoms with Gasteiger partial charge in [0.2, 0.25) is 5.91 Å². The summed E-state index contributed by atoms with van der Waals surface area (Å²) in [4.78, 5) is 21.9. The van der Waals surface area contributed by atoms with E-state index < -0.39 is 0 Å². The van der Waals surface area contributed by atoms with Crippen LogP contribution in [-0.2, 0) is 24.1 Å². The molecule has 2 aromatic rings. The van der Waals surface area contributed by atoms with E-state index in [0.29, 0.717) is 0 Å². The number of nitrogens with one attached hydrogen (secondary N) is 1. The number of nitrogens with zero attached hydrogens (tertiary/aromatic N) is 2. The second kappa shape index (κ2) is 8.54. The first kappa shape index (κ1) is 18.8. The first-order valence-electron chi connectivity index (χ1n) is 8.14. The first-order valence-corrected chi connectivity index (χ1v) is 8.52. The zero-order valence-electron chi connectivity index (χ0n) is 13.8. The van der Waals surface area contributed by atoms with Crippen molar-refractivity contribution in [2.75, 3.05) is 13.6 Å². The maximum atomic E-state index is 12.6. The van der Waals surface area contributed by atoms with Gasteiger partial charge in [0.25, 0.3) is 0 Å². The maximum Gasteiger partial charge on any atom is 0.225 e. The number of carbonyl (C=O) groups excluding carboxylic acids is 1. The summed E-state index contributed by atoms with van der Waals surface area (Å²) in [6, 6.07) is 7.92. The highest BCUT2D eigenvalue weighted by atomic mass is 35.5. The highest BCUT2D eigenvalue weighted by molar-refractivity contribution is 6.30. The zero-order valence-corrected chi connectivity index (χ0v) is 15.4. The summed E-state index contributed by atoms with van der Waals surface area (Å²) >= 11 is 5.89. The van der Waals surface area contributed by atoms with Gasteiger partial charge >= 0.3 is 0 Å². The number of rotatable bonds is 5. The molecule has 1 N–H and O–H groups in total. The van der Waals surface area contributed by atoms with E-state index in [1.54, 1.807) is 6.33 Å². The van der Waals surface area contributed by atoms with Gasteiger partial charge in [-0.2, -0.15) is 0 Å². The van der Waals surface area contributed by atoms with Crippen LogP contribution in [-0.4, -0.2) is 34.4 Å². The average molecular weight is 368 g/mol. The topological polar surface area (TPSA) is 49.0 Å². The van der Waals surface area contributed by atoms with Crippen LogP contribution in [0, 0.1) is 5.92 Å². The number of imidazole rings is 1. The minimum atomic E-state index is 0. The van der Waals surface area contributed by atoms with E-state index in [9.17, 15) is 4.79 Å². The molecule has 4 nitrogen and oxygen atoms in total. The fourth-order valence-electron chi connectivity index (χ4n) is 3.21. The van der Waals surface area contributed by atoms with Crippen LogP contribution < -0.4 is 0 Å². The third kappa shape index (κ3) is 4.52. The van der Waals surface area contributed by atoms with Crippen molar-refractivity contribution in [2.24, 2.45) is 5.92 Å². The summed E-state index contributed by atoms with van der Waals surface area (Å²) in [6.45, 7) is 0.786. The molecular weight excluding hydrogens is 345 g/mol. The molecule has 3 rings (SSSR count). The quantitative estimate of drug-likeness (QED) is 0.875. The highest BCUT2D eigenvalue weighted by Crippen LogP contribution is 2.24. The van der Waals surface area contributed by atoms with Crippen LogP contribution in [0.1, 0.15) is 29.8 Å². The molecule has 1 atom stereocenters. The number of H-pyrrole nitrogens is 1. The van der Waals surface area contributed by atoms with Gasteiger partial charge in [-0.05, 0) is 43.4 Å². The van der Waals surface area contributed by atoms with Gasteiger partial charge in [-0.25, -0.2) is 4.98 Å². The fourth-order valence-corrected chi connectivity index (χ4v) is 3.33. The van der Waals surface area contributed by atoms with Crippen LogP contribution in [0.5, 0.6) is 0 Å². The molecule has 0 saturated carbocycles. The van der Waals surface area contributed by atoms with Crippen molar-refractivity contribution < 1.29 is 4.79 Å². The zero-order chi connectivity index (χ0) is 16.2. The molecule has 130 valence electrons.